The number of nitrogens with zero attached hydrogens (tertiary/aromatic N) is 1. The smallest absolute Gasteiger partial charge is 0.266 e. The van der Waals surface area contributed by atoms with Crippen LogP contribution in [-0.2, 0) is 11.4 Å². The molecule has 0 radical (unpaired) electrons. The van der Waals surface area contributed by atoms with Crippen LogP contribution in [0.3, 0.4) is 0 Å². The lowest BCUT2D eigenvalue weighted by Gasteiger charge is -2.12. The molecule has 3 aromatic rings. The maximum absolute atomic E-state index is 13.8. The van der Waals surface area contributed by atoms with Crippen molar-refractivity contribution in [2.24, 2.45) is 0 Å². The molecule has 162 valence electrons. The lowest BCUT2D eigenvalue weighted by molar-refractivity contribution is -0.112. The molecule has 9 heteroatoms. The molecule has 1 N–H and O–H groups in total. The van der Waals surface area contributed by atoms with Crippen LogP contribution in [0, 0.1) is 24.3 Å². The fourth-order valence-corrected chi connectivity index (χ4v) is 5.08. The van der Waals surface area contributed by atoms with E-state index in [1.54, 1.807) is 42.5 Å². The molecule has 1 amide bonds. The highest BCUT2D eigenvalue weighted by atomic mass is 127. The first-order valence-corrected chi connectivity index (χ1v) is 11.9. The maximum atomic E-state index is 13.8. The summed E-state index contributed by atoms with van der Waals surface area (Å²) < 4.78 is 21.2. The molecule has 0 spiro atoms. The van der Waals surface area contributed by atoms with Crippen molar-refractivity contribution in [3.63, 3.8) is 0 Å². The van der Waals surface area contributed by atoms with Gasteiger partial charge in [0.25, 0.3) is 5.91 Å². The number of ether oxygens (including phenoxy) is 1. The Labute approximate surface area is 221 Å². The van der Waals surface area contributed by atoms with E-state index in [0.717, 1.165) is 7.14 Å². The highest BCUT2D eigenvalue weighted by molar-refractivity contribution is 14.1. The van der Waals surface area contributed by atoms with Crippen LogP contribution in [0.15, 0.2) is 60.2 Å². The highest BCUT2D eigenvalue weighted by Gasteiger charge is 2.14. The normalized spacial score (nSPS) is 11.1. The summed E-state index contributed by atoms with van der Waals surface area (Å²) in [6.07, 6.45) is 1.48. The van der Waals surface area contributed by atoms with Crippen LogP contribution >= 0.6 is 68.4 Å². The van der Waals surface area contributed by atoms with E-state index in [-0.39, 0.29) is 18.0 Å². The molecular weight excluding hydrogens is 680 g/mol. The van der Waals surface area contributed by atoms with Gasteiger partial charge in [-0.3, -0.25) is 4.79 Å². The molecule has 0 saturated heterocycles. The second kappa shape index (κ2) is 11.3. The van der Waals surface area contributed by atoms with Gasteiger partial charge < -0.3 is 10.1 Å². The number of carbonyl (C=O) groups is 1. The van der Waals surface area contributed by atoms with Crippen molar-refractivity contribution in [2.75, 3.05) is 5.32 Å². The molecule has 0 fully saturated rings. The Hall–Kier alpha value is -1.87. The first-order valence-electron chi connectivity index (χ1n) is 9.02. The zero-order valence-corrected chi connectivity index (χ0v) is 22.0. The molecule has 4 nitrogen and oxygen atoms in total. The van der Waals surface area contributed by atoms with E-state index in [0.29, 0.717) is 32.6 Å². The Balaban J connectivity index is 1.78. The Morgan fingerprint density at radius 3 is 2.41 bits per heavy atom. The number of anilines is 1. The average molecular weight is 693 g/mol. The van der Waals surface area contributed by atoms with Crippen molar-refractivity contribution < 1.29 is 13.9 Å². The number of nitrogens with one attached hydrogen (secondary N) is 1. The van der Waals surface area contributed by atoms with Crippen LogP contribution in [0.5, 0.6) is 5.75 Å². The fourth-order valence-electron chi connectivity index (χ4n) is 2.65. The Kier molecular flexibility index (Phi) is 8.76. The predicted octanol–water partition coefficient (Wildman–Crippen LogP) is 7.47. The molecule has 0 bridgehead atoms. The molecule has 0 aromatic heterocycles. The third-order valence-corrected chi connectivity index (χ3v) is 6.55. The lowest BCUT2D eigenvalue weighted by Crippen LogP contribution is -2.13. The molecule has 3 rings (SSSR count). The molecule has 0 aliphatic heterocycles. The second-order valence-electron chi connectivity index (χ2n) is 6.45. The maximum Gasteiger partial charge on any atom is 0.266 e. The largest absolute Gasteiger partial charge is 0.487 e. The molecule has 32 heavy (non-hydrogen) atoms. The van der Waals surface area contributed by atoms with Crippen LogP contribution in [0.2, 0.25) is 10.0 Å². The highest BCUT2D eigenvalue weighted by Crippen LogP contribution is 2.31. The number of nitriles is 1. The number of hydrogen-bond acceptors (Lipinski definition) is 3. The molecule has 0 unspecified atom stereocenters. The van der Waals surface area contributed by atoms with Gasteiger partial charge in [0.05, 0.1) is 17.2 Å². The summed E-state index contributed by atoms with van der Waals surface area (Å²) in [6, 6.07) is 16.5. The molecule has 3 aromatic carbocycles. The van der Waals surface area contributed by atoms with Crippen LogP contribution in [0.25, 0.3) is 6.08 Å². The number of carbonyl (C=O) groups excluding carboxylic acids is 1. The zero-order valence-electron chi connectivity index (χ0n) is 16.1. The zero-order chi connectivity index (χ0) is 23.3. The van der Waals surface area contributed by atoms with Crippen molar-refractivity contribution in [3.8, 4) is 11.8 Å². The van der Waals surface area contributed by atoms with Gasteiger partial charge >= 0.3 is 0 Å². The minimum absolute atomic E-state index is 0.0808. The molecular formula is C23H13Cl2FI2N2O2. The summed E-state index contributed by atoms with van der Waals surface area (Å²) in [6.45, 7) is 0.0867. The van der Waals surface area contributed by atoms with Crippen LogP contribution in [0.4, 0.5) is 10.1 Å². The lowest BCUT2D eigenvalue weighted by atomic mass is 10.1. The summed E-state index contributed by atoms with van der Waals surface area (Å²) in [5.74, 6) is -0.301. The van der Waals surface area contributed by atoms with Gasteiger partial charge in [0.2, 0.25) is 0 Å². The molecule has 0 aliphatic rings. The van der Waals surface area contributed by atoms with Gasteiger partial charge in [0, 0.05) is 11.3 Å². The number of rotatable bonds is 6. The molecule has 0 aliphatic carbocycles. The monoisotopic (exact) mass is 692 g/mol. The van der Waals surface area contributed by atoms with E-state index in [2.05, 4.69) is 50.5 Å². The minimum atomic E-state index is -0.573. The van der Waals surface area contributed by atoms with Gasteiger partial charge in [0.15, 0.2) is 0 Å². The van der Waals surface area contributed by atoms with Crippen molar-refractivity contribution in [3.05, 3.63) is 94.3 Å². The van der Waals surface area contributed by atoms with E-state index in [1.165, 1.54) is 18.2 Å². The first-order chi connectivity index (χ1) is 15.3. The standard InChI is InChI=1S/C23H13Cl2FI2N2O2/c24-17-6-5-16(10-18(17)25)30-23(31)15(11-29)7-13-8-20(27)22(21(28)9-13)32-12-14-3-1-2-4-19(14)26/h1-10H,12H2,(H,30,31)/b15-7+. The SMILES string of the molecule is N#C/C(=C\c1cc(I)c(OCc2ccccc2F)c(I)c1)C(=O)Nc1ccc(Cl)c(Cl)c1. The average Bonchev–Trinajstić information content (AvgIpc) is 2.75. The van der Waals surface area contributed by atoms with E-state index in [1.807, 2.05) is 6.07 Å². The van der Waals surface area contributed by atoms with Gasteiger partial charge in [-0.1, -0.05) is 41.4 Å². The van der Waals surface area contributed by atoms with Crippen LogP contribution in [0.1, 0.15) is 11.1 Å². The predicted molar refractivity (Wildman–Crippen MR) is 141 cm³/mol. The second-order valence-corrected chi connectivity index (χ2v) is 9.59. The van der Waals surface area contributed by atoms with E-state index in [9.17, 15) is 14.4 Å². The number of halogens is 5. The molecule has 0 saturated carbocycles. The van der Waals surface area contributed by atoms with Crippen molar-refractivity contribution >= 4 is 86.1 Å². The van der Waals surface area contributed by atoms with E-state index in [4.69, 9.17) is 27.9 Å². The summed E-state index contributed by atoms with van der Waals surface area (Å²) in [4.78, 5) is 12.5. The van der Waals surface area contributed by atoms with Gasteiger partial charge in [-0.15, -0.1) is 0 Å². The van der Waals surface area contributed by atoms with Crippen molar-refractivity contribution in [1.82, 2.24) is 0 Å². The van der Waals surface area contributed by atoms with E-state index >= 15 is 0 Å². The van der Waals surface area contributed by atoms with Crippen molar-refractivity contribution in [1.29, 1.82) is 5.26 Å². The quantitative estimate of drug-likeness (QED) is 0.166. The number of hydrogen-bond donors (Lipinski definition) is 1. The summed E-state index contributed by atoms with van der Waals surface area (Å²) in [5, 5.41) is 12.8. The minimum Gasteiger partial charge on any atom is -0.487 e. The third kappa shape index (κ3) is 6.34. The third-order valence-electron chi connectivity index (χ3n) is 4.20. The summed E-state index contributed by atoms with van der Waals surface area (Å²) in [7, 11) is 0. The van der Waals surface area contributed by atoms with Gasteiger partial charge in [-0.05, 0) is 93.2 Å². The van der Waals surface area contributed by atoms with Crippen LogP contribution < -0.4 is 10.1 Å². The van der Waals surface area contributed by atoms with E-state index < -0.39 is 5.91 Å². The summed E-state index contributed by atoms with van der Waals surface area (Å²) >= 11 is 16.1. The van der Waals surface area contributed by atoms with Crippen molar-refractivity contribution in [2.45, 2.75) is 6.61 Å². The Morgan fingerprint density at radius 1 is 1.09 bits per heavy atom. The fraction of sp³-hybridized carbons (Fsp3) is 0.0435. The van der Waals surface area contributed by atoms with Gasteiger partial charge in [-0.2, -0.15) is 5.26 Å². The first kappa shape index (κ1) is 24.8. The summed E-state index contributed by atoms with van der Waals surface area (Å²) in [5.41, 5.74) is 1.45. The number of amides is 1. The molecule has 0 heterocycles. The topological polar surface area (TPSA) is 62.1 Å². The van der Waals surface area contributed by atoms with Gasteiger partial charge in [0.1, 0.15) is 29.8 Å². The molecule has 0 atom stereocenters. The van der Waals surface area contributed by atoms with Crippen LogP contribution in [-0.4, -0.2) is 5.91 Å². The Morgan fingerprint density at radius 2 is 1.78 bits per heavy atom. The number of benzene rings is 3. The Bertz CT molecular complexity index is 1240. The van der Waals surface area contributed by atoms with Gasteiger partial charge in [-0.25, -0.2) is 4.39 Å².